The molecule has 0 saturated carbocycles. The lowest BCUT2D eigenvalue weighted by Crippen LogP contribution is -2.48. The molecule has 3 rings (SSSR count). The number of hydrogen-bond donors (Lipinski definition) is 2. The molecule has 7 nitrogen and oxygen atoms in total. The van der Waals surface area contributed by atoms with Gasteiger partial charge in [0.2, 0.25) is 5.89 Å². The van der Waals surface area contributed by atoms with Gasteiger partial charge in [0.05, 0.1) is 18.2 Å². The number of nitrogens with one attached hydrogen (secondary N) is 1. The average molecular weight is 467 g/mol. The van der Waals surface area contributed by atoms with E-state index >= 15 is 0 Å². The first-order valence-corrected chi connectivity index (χ1v) is 10.9. The van der Waals surface area contributed by atoms with Crippen LogP contribution in [0, 0.1) is 0 Å². The number of hydrogen-bond acceptors (Lipinski definition) is 6. The van der Waals surface area contributed by atoms with E-state index in [-0.39, 0.29) is 18.3 Å². The van der Waals surface area contributed by atoms with E-state index in [2.05, 4.69) is 26.7 Å². The summed E-state index contributed by atoms with van der Waals surface area (Å²) in [6, 6.07) is 4.81. The molecule has 1 amide bonds. The van der Waals surface area contributed by atoms with Crippen molar-refractivity contribution in [3.8, 4) is 0 Å². The molecule has 1 saturated heterocycles. The number of halogens is 3. The van der Waals surface area contributed by atoms with Gasteiger partial charge in [-0.3, -0.25) is 14.6 Å². The van der Waals surface area contributed by atoms with Gasteiger partial charge in [0.25, 0.3) is 5.91 Å². The van der Waals surface area contributed by atoms with Crippen molar-refractivity contribution >= 4 is 5.91 Å². The number of allylic oxidation sites excluding steroid dienone is 1. The largest absolute Gasteiger partial charge is 0.447 e. The van der Waals surface area contributed by atoms with Crippen molar-refractivity contribution in [1.29, 1.82) is 0 Å². The zero-order valence-corrected chi connectivity index (χ0v) is 18.4. The van der Waals surface area contributed by atoms with Gasteiger partial charge in [-0.05, 0) is 30.5 Å². The lowest BCUT2D eigenvalue weighted by Gasteiger charge is -2.34. The monoisotopic (exact) mass is 466 g/mol. The second-order valence-electron chi connectivity index (χ2n) is 8.10. The number of aliphatic hydroxyl groups excluding tert-OH is 1. The fourth-order valence-electron chi connectivity index (χ4n) is 3.64. The van der Waals surface area contributed by atoms with Crippen molar-refractivity contribution in [3.05, 3.63) is 65.9 Å². The molecule has 2 N–H and O–H groups in total. The number of β-amino-alcohol motifs (C(OH)–C–C–N with tert-alkyl or cyclic N) is 1. The Bertz CT molecular complexity index is 924. The van der Waals surface area contributed by atoms with E-state index < -0.39 is 17.6 Å². The lowest BCUT2D eigenvalue weighted by atomic mass is 10.1. The number of rotatable bonds is 10. The summed E-state index contributed by atoms with van der Waals surface area (Å²) in [4.78, 5) is 20.9. The van der Waals surface area contributed by atoms with Crippen molar-refractivity contribution in [1.82, 2.24) is 20.1 Å². The van der Waals surface area contributed by atoms with E-state index in [1.54, 1.807) is 6.08 Å². The van der Waals surface area contributed by atoms with Crippen LogP contribution in [-0.4, -0.2) is 64.6 Å². The maximum atomic E-state index is 12.8. The Labute approximate surface area is 190 Å². The molecular weight excluding hydrogens is 437 g/mol. The molecule has 0 bridgehead atoms. The smallest absolute Gasteiger partial charge is 0.416 e. The van der Waals surface area contributed by atoms with Crippen LogP contribution in [0.3, 0.4) is 0 Å². The first-order chi connectivity index (χ1) is 15.7. The summed E-state index contributed by atoms with van der Waals surface area (Å²) in [7, 11) is 0. The van der Waals surface area contributed by atoms with Gasteiger partial charge in [-0.15, -0.1) is 6.58 Å². The first-order valence-electron chi connectivity index (χ1n) is 10.9. The van der Waals surface area contributed by atoms with Crippen LogP contribution in [-0.2, 0) is 19.3 Å². The van der Waals surface area contributed by atoms with E-state index in [1.165, 1.54) is 18.4 Å². The Morgan fingerprint density at radius 1 is 1.27 bits per heavy atom. The third kappa shape index (κ3) is 7.69. The van der Waals surface area contributed by atoms with Gasteiger partial charge >= 0.3 is 6.18 Å². The molecule has 33 heavy (non-hydrogen) atoms. The molecule has 0 spiro atoms. The zero-order chi connectivity index (χ0) is 23.8. The van der Waals surface area contributed by atoms with Gasteiger partial charge in [-0.1, -0.05) is 18.2 Å². The number of amides is 1. The van der Waals surface area contributed by atoms with E-state index in [4.69, 9.17) is 4.42 Å². The van der Waals surface area contributed by atoms with E-state index in [0.717, 1.165) is 44.7 Å². The fraction of sp³-hybridized carbons (Fsp3) is 0.478. The Balaban J connectivity index is 1.44. The summed E-state index contributed by atoms with van der Waals surface area (Å²) in [5, 5.41) is 12.6. The number of nitrogens with zero attached hydrogens (tertiary/aromatic N) is 3. The van der Waals surface area contributed by atoms with Gasteiger partial charge in [-0.25, -0.2) is 4.98 Å². The van der Waals surface area contributed by atoms with Crippen LogP contribution < -0.4 is 5.32 Å². The fourth-order valence-corrected chi connectivity index (χ4v) is 3.64. The number of alkyl halides is 3. The van der Waals surface area contributed by atoms with Gasteiger partial charge in [0.1, 0.15) is 6.26 Å². The lowest BCUT2D eigenvalue weighted by molar-refractivity contribution is -0.137. The number of aliphatic hydroxyl groups is 1. The molecule has 1 aromatic carbocycles. The van der Waals surface area contributed by atoms with Crippen molar-refractivity contribution < 1.29 is 27.5 Å². The Kier molecular flexibility index (Phi) is 8.65. The van der Waals surface area contributed by atoms with E-state index in [0.29, 0.717) is 31.0 Å². The minimum atomic E-state index is -4.43. The summed E-state index contributed by atoms with van der Waals surface area (Å²) in [6.45, 7) is 7.91. The van der Waals surface area contributed by atoms with Crippen LogP contribution in [0.25, 0.3) is 0 Å². The topological polar surface area (TPSA) is 81.8 Å². The molecular formula is C23H29F3N4O3. The summed E-state index contributed by atoms with van der Waals surface area (Å²) >= 11 is 0. The Morgan fingerprint density at radius 2 is 2.00 bits per heavy atom. The molecule has 1 atom stereocenters. The molecule has 1 fully saturated rings. The average Bonchev–Trinajstić information content (AvgIpc) is 3.25. The predicted octanol–water partition coefficient (Wildman–Crippen LogP) is 3.07. The third-order valence-corrected chi connectivity index (χ3v) is 5.49. The van der Waals surface area contributed by atoms with Crippen LogP contribution in [0.5, 0.6) is 0 Å². The first kappa shape index (κ1) is 24.9. The van der Waals surface area contributed by atoms with Crippen LogP contribution in [0.2, 0.25) is 0 Å². The molecule has 0 aliphatic carbocycles. The highest BCUT2D eigenvalue weighted by Crippen LogP contribution is 2.29. The Morgan fingerprint density at radius 3 is 2.70 bits per heavy atom. The molecule has 10 heteroatoms. The molecule has 1 aliphatic heterocycles. The number of oxazole rings is 1. The van der Waals surface area contributed by atoms with Crippen molar-refractivity contribution in [3.63, 3.8) is 0 Å². The SMILES string of the molecule is C=CCC[C@@H](O)CN1CCN(Cc2nc(C(=O)NCc3cccc(C(F)(F)F)c3)co2)CC1. The van der Waals surface area contributed by atoms with Gasteiger partial charge in [-0.2, -0.15) is 13.2 Å². The van der Waals surface area contributed by atoms with Crippen molar-refractivity contribution in [2.24, 2.45) is 0 Å². The number of piperazine rings is 1. The highest BCUT2D eigenvalue weighted by atomic mass is 19.4. The molecule has 0 unspecified atom stereocenters. The third-order valence-electron chi connectivity index (χ3n) is 5.49. The minimum Gasteiger partial charge on any atom is -0.447 e. The van der Waals surface area contributed by atoms with Crippen LogP contribution in [0.15, 0.2) is 47.6 Å². The molecule has 0 radical (unpaired) electrons. The van der Waals surface area contributed by atoms with Crippen molar-refractivity contribution in [2.45, 2.75) is 38.2 Å². The number of carbonyl (C=O) groups is 1. The second-order valence-corrected chi connectivity index (χ2v) is 8.10. The quantitative estimate of drug-likeness (QED) is 0.524. The summed E-state index contributed by atoms with van der Waals surface area (Å²) < 4.78 is 43.9. The predicted molar refractivity (Wildman–Crippen MR) is 116 cm³/mol. The Hall–Kier alpha value is -2.69. The molecule has 2 aromatic rings. The molecule has 2 heterocycles. The summed E-state index contributed by atoms with van der Waals surface area (Å²) in [5.41, 5.74) is -0.334. The summed E-state index contributed by atoms with van der Waals surface area (Å²) in [6.07, 6.45) is -0.240. The van der Waals surface area contributed by atoms with E-state index in [1.807, 2.05) is 0 Å². The number of aromatic nitrogens is 1. The van der Waals surface area contributed by atoms with Crippen LogP contribution in [0.1, 0.15) is 40.3 Å². The van der Waals surface area contributed by atoms with Gasteiger partial charge in [0.15, 0.2) is 5.69 Å². The van der Waals surface area contributed by atoms with Crippen LogP contribution >= 0.6 is 0 Å². The minimum absolute atomic E-state index is 0.0500. The second kappa shape index (κ2) is 11.4. The highest BCUT2D eigenvalue weighted by molar-refractivity contribution is 5.91. The number of benzene rings is 1. The zero-order valence-electron chi connectivity index (χ0n) is 18.4. The molecule has 1 aromatic heterocycles. The molecule has 1 aliphatic rings. The normalized spacial score (nSPS) is 16.5. The van der Waals surface area contributed by atoms with Gasteiger partial charge < -0.3 is 14.8 Å². The highest BCUT2D eigenvalue weighted by Gasteiger charge is 2.30. The summed E-state index contributed by atoms with van der Waals surface area (Å²) in [5.74, 6) is -0.112. The molecule has 180 valence electrons. The van der Waals surface area contributed by atoms with Crippen LogP contribution in [0.4, 0.5) is 13.2 Å². The maximum Gasteiger partial charge on any atom is 0.416 e. The van der Waals surface area contributed by atoms with Gasteiger partial charge in [0, 0.05) is 39.3 Å². The standard InChI is InChI=1S/C23H29F3N4O3/c1-2-3-7-19(31)14-29-8-10-30(11-9-29)15-21-28-20(16-33-21)22(32)27-13-17-5-4-6-18(12-17)23(24,25)26/h2,4-6,12,16,19,31H,1,3,7-11,13-15H2,(H,27,32)/t19-/m1/s1. The van der Waals surface area contributed by atoms with E-state index in [9.17, 15) is 23.1 Å². The maximum absolute atomic E-state index is 12.8. The van der Waals surface area contributed by atoms with Crippen molar-refractivity contribution in [2.75, 3.05) is 32.7 Å². The number of carbonyl (C=O) groups excluding carboxylic acids is 1.